The summed E-state index contributed by atoms with van der Waals surface area (Å²) in [6.07, 6.45) is 5.03. The summed E-state index contributed by atoms with van der Waals surface area (Å²) in [5.41, 5.74) is 1.04. The van der Waals surface area contributed by atoms with Crippen LogP contribution in [0.2, 0.25) is 0 Å². The second-order valence-electron chi connectivity index (χ2n) is 5.16. The predicted octanol–water partition coefficient (Wildman–Crippen LogP) is 1.90. The molecular formula is C14H14N6O2. The van der Waals surface area contributed by atoms with Gasteiger partial charge >= 0.3 is 0 Å². The standard InChI is InChI=1S/C14H14N6O2/c15-8-11-7-13(20(21)22)1-2-14(11)18-5-3-12(4-6-18)19-10-16-9-17-19/h1-2,7,9-10,12H,3-6H2. The number of hydrogen-bond acceptors (Lipinski definition) is 6. The quantitative estimate of drug-likeness (QED) is 0.633. The van der Waals surface area contributed by atoms with Gasteiger partial charge in [0.1, 0.15) is 18.7 Å². The van der Waals surface area contributed by atoms with Crippen LogP contribution < -0.4 is 4.90 Å². The van der Waals surface area contributed by atoms with Crippen molar-refractivity contribution in [3.8, 4) is 6.07 Å². The van der Waals surface area contributed by atoms with Crippen molar-refractivity contribution in [1.82, 2.24) is 14.8 Å². The Balaban J connectivity index is 1.76. The van der Waals surface area contributed by atoms with Gasteiger partial charge in [0.2, 0.25) is 0 Å². The number of non-ortho nitro benzene ring substituents is 1. The maximum absolute atomic E-state index is 10.8. The second kappa shape index (κ2) is 5.81. The first-order chi connectivity index (χ1) is 10.7. The van der Waals surface area contributed by atoms with Crippen molar-refractivity contribution >= 4 is 11.4 Å². The highest BCUT2D eigenvalue weighted by Crippen LogP contribution is 2.30. The highest BCUT2D eigenvalue weighted by atomic mass is 16.6. The highest BCUT2D eigenvalue weighted by Gasteiger charge is 2.23. The van der Waals surface area contributed by atoms with E-state index in [1.165, 1.54) is 18.5 Å². The SMILES string of the molecule is N#Cc1cc([N+](=O)[O-])ccc1N1CCC(n2cncn2)CC1. The number of piperidine rings is 1. The van der Waals surface area contributed by atoms with Gasteiger partial charge in [-0.05, 0) is 18.9 Å². The van der Waals surface area contributed by atoms with Crippen LogP contribution in [-0.2, 0) is 0 Å². The zero-order chi connectivity index (χ0) is 15.5. The first-order valence-electron chi connectivity index (χ1n) is 6.96. The van der Waals surface area contributed by atoms with E-state index in [9.17, 15) is 15.4 Å². The number of aromatic nitrogens is 3. The third kappa shape index (κ3) is 2.61. The van der Waals surface area contributed by atoms with Crippen molar-refractivity contribution in [2.24, 2.45) is 0 Å². The van der Waals surface area contributed by atoms with Crippen molar-refractivity contribution in [2.45, 2.75) is 18.9 Å². The number of benzene rings is 1. The summed E-state index contributed by atoms with van der Waals surface area (Å²) in [5.74, 6) is 0. The normalized spacial score (nSPS) is 15.5. The molecule has 0 unspecified atom stereocenters. The van der Waals surface area contributed by atoms with E-state index in [1.54, 1.807) is 12.4 Å². The minimum Gasteiger partial charge on any atom is -0.370 e. The fourth-order valence-electron chi connectivity index (χ4n) is 2.78. The molecule has 8 nitrogen and oxygen atoms in total. The highest BCUT2D eigenvalue weighted by molar-refractivity contribution is 5.63. The number of anilines is 1. The van der Waals surface area contributed by atoms with E-state index in [-0.39, 0.29) is 5.69 Å². The second-order valence-corrected chi connectivity index (χ2v) is 5.16. The number of nitro groups is 1. The maximum Gasteiger partial charge on any atom is 0.270 e. The molecule has 0 spiro atoms. The van der Waals surface area contributed by atoms with Gasteiger partial charge in [0.25, 0.3) is 5.69 Å². The van der Waals surface area contributed by atoms with E-state index in [4.69, 9.17) is 0 Å². The third-order valence-corrected chi connectivity index (χ3v) is 3.93. The zero-order valence-electron chi connectivity index (χ0n) is 11.8. The molecule has 1 saturated heterocycles. The van der Waals surface area contributed by atoms with Crippen LogP contribution >= 0.6 is 0 Å². The first-order valence-corrected chi connectivity index (χ1v) is 6.96. The topological polar surface area (TPSA) is 101 Å². The molecule has 0 amide bonds. The van der Waals surface area contributed by atoms with Gasteiger partial charge in [-0.2, -0.15) is 10.4 Å². The lowest BCUT2D eigenvalue weighted by molar-refractivity contribution is -0.384. The molecule has 0 aliphatic carbocycles. The number of nitriles is 1. The summed E-state index contributed by atoms with van der Waals surface area (Å²) in [4.78, 5) is 16.4. The molecule has 0 bridgehead atoms. The zero-order valence-corrected chi connectivity index (χ0v) is 11.8. The van der Waals surface area contributed by atoms with Gasteiger partial charge in [0.15, 0.2) is 0 Å². The summed E-state index contributed by atoms with van der Waals surface area (Å²) in [6.45, 7) is 1.55. The third-order valence-electron chi connectivity index (χ3n) is 3.93. The van der Waals surface area contributed by atoms with Crippen LogP contribution in [0, 0.1) is 21.4 Å². The number of rotatable bonds is 3. The molecule has 1 aromatic heterocycles. The van der Waals surface area contributed by atoms with Gasteiger partial charge in [-0.15, -0.1) is 0 Å². The lowest BCUT2D eigenvalue weighted by Crippen LogP contribution is -2.35. The van der Waals surface area contributed by atoms with Gasteiger partial charge in [-0.3, -0.25) is 10.1 Å². The molecule has 0 N–H and O–H groups in total. The van der Waals surface area contributed by atoms with Crippen LogP contribution in [0.5, 0.6) is 0 Å². The average Bonchev–Trinajstić information content (AvgIpc) is 3.09. The van der Waals surface area contributed by atoms with Crippen LogP contribution in [0.1, 0.15) is 24.4 Å². The summed E-state index contributed by atoms with van der Waals surface area (Å²) in [7, 11) is 0. The number of hydrogen-bond donors (Lipinski definition) is 0. The monoisotopic (exact) mass is 298 g/mol. The Labute approximate surface area is 126 Å². The van der Waals surface area contributed by atoms with E-state index in [0.29, 0.717) is 11.6 Å². The fraction of sp³-hybridized carbons (Fsp3) is 0.357. The molecule has 1 aromatic carbocycles. The van der Waals surface area contributed by atoms with Crippen molar-refractivity contribution in [1.29, 1.82) is 5.26 Å². The van der Waals surface area contributed by atoms with Crippen molar-refractivity contribution < 1.29 is 4.92 Å². The van der Waals surface area contributed by atoms with Crippen LogP contribution in [0.15, 0.2) is 30.9 Å². The first kappa shape index (κ1) is 14.0. The van der Waals surface area contributed by atoms with Crippen molar-refractivity contribution in [3.63, 3.8) is 0 Å². The van der Waals surface area contributed by atoms with Gasteiger partial charge in [-0.1, -0.05) is 0 Å². The smallest absolute Gasteiger partial charge is 0.270 e. The molecule has 3 rings (SSSR count). The lowest BCUT2D eigenvalue weighted by atomic mass is 10.0. The predicted molar refractivity (Wildman–Crippen MR) is 78.3 cm³/mol. The Morgan fingerprint density at radius 1 is 1.36 bits per heavy atom. The summed E-state index contributed by atoms with van der Waals surface area (Å²) in [6, 6.07) is 6.80. The molecule has 0 saturated carbocycles. The van der Waals surface area contributed by atoms with Crippen LogP contribution in [0.3, 0.4) is 0 Å². The van der Waals surface area contributed by atoms with E-state index in [1.807, 2.05) is 4.68 Å². The lowest BCUT2D eigenvalue weighted by Gasteiger charge is -2.33. The molecule has 1 fully saturated rings. The number of nitro benzene ring substituents is 1. The molecule has 22 heavy (non-hydrogen) atoms. The summed E-state index contributed by atoms with van der Waals surface area (Å²) < 4.78 is 1.86. The summed E-state index contributed by atoms with van der Waals surface area (Å²) >= 11 is 0. The van der Waals surface area contributed by atoms with Crippen molar-refractivity contribution in [3.05, 3.63) is 46.5 Å². The molecule has 8 heteroatoms. The van der Waals surface area contributed by atoms with Crippen LogP contribution in [-0.4, -0.2) is 32.8 Å². The molecule has 2 heterocycles. The summed E-state index contributed by atoms with van der Waals surface area (Å²) in [5, 5.41) is 24.2. The van der Waals surface area contributed by atoms with E-state index in [0.717, 1.165) is 31.6 Å². The Morgan fingerprint density at radius 2 is 2.14 bits per heavy atom. The Bertz CT molecular complexity index is 713. The molecule has 112 valence electrons. The Hall–Kier alpha value is -2.95. The molecule has 1 aliphatic heterocycles. The maximum atomic E-state index is 10.8. The van der Waals surface area contributed by atoms with Crippen LogP contribution in [0.25, 0.3) is 0 Å². The Kier molecular flexibility index (Phi) is 3.70. The van der Waals surface area contributed by atoms with E-state index in [2.05, 4.69) is 21.1 Å². The molecule has 0 radical (unpaired) electrons. The van der Waals surface area contributed by atoms with Gasteiger partial charge in [0, 0.05) is 25.2 Å². The van der Waals surface area contributed by atoms with Crippen LogP contribution in [0.4, 0.5) is 11.4 Å². The number of nitrogens with zero attached hydrogens (tertiary/aromatic N) is 6. The Morgan fingerprint density at radius 3 is 2.73 bits per heavy atom. The average molecular weight is 298 g/mol. The van der Waals surface area contributed by atoms with Gasteiger partial charge in [-0.25, -0.2) is 9.67 Å². The molecular weight excluding hydrogens is 284 g/mol. The largest absolute Gasteiger partial charge is 0.370 e. The molecule has 2 aromatic rings. The minimum absolute atomic E-state index is 0.0576. The van der Waals surface area contributed by atoms with Crippen molar-refractivity contribution in [2.75, 3.05) is 18.0 Å². The van der Waals surface area contributed by atoms with Gasteiger partial charge in [0.05, 0.1) is 22.2 Å². The molecule has 0 atom stereocenters. The van der Waals surface area contributed by atoms with E-state index >= 15 is 0 Å². The van der Waals surface area contributed by atoms with E-state index < -0.39 is 4.92 Å². The fourth-order valence-corrected chi connectivity index (χ4v) is 2.78. The van der Waals surface area contributed by atoms with Gasteiger partial charge < -0.3 is 4.90 Å². The molecule has 1 aliphatic rings. The minimum atomic E-state index is -0.485.